The van der Waals surface area contributed by atoms with Crippen LogP contribution in [0.5, 0.6) is 0 Å². The van der Waals surface area contributed by atoms with Gasteiger partial charge < -0.3 is 20.3 Å². The number of carbonyl (C=O) groups is 2. The van der Waals surface area contributed by atoms with Crippen LogP contribution in [0.25, 0.3) is 0 Å². The Hall–Kier alpha value is -2.12. The highest BCUT2D eigenvalue weighted by Gasteiger charge is 2.34. The molecule has 0 aromatic heterocycles. The Balaban J connectivity index is 1.58. The molecule has 1 aromatic rings. The number of hydrogen-bond donors (Lipinski definition) is 2. The average Bonchev–Trinajstić information content (AvgIpc) is 3.21. The van der Waals surface area contributed by atoms with Gasteiger partial charge in [-0.25, -0.2) is 4.79 Å². The predicted octanol–water partition coefficient (Wildman–Crippen LogP) is 3.06. The lowest BCUT2D eigenvalue weighted by Crippen LogP contribution is -2.56. The topological polar surface area (TPSA) is 73.9 Å². The first-order chi connectivity index (χ1) is 14.3. The van der Waals surface area contributed by atoms with Crippen molar-refractivity contribution in [3.05, 3.63) is 29.8 Å². The molecule has 0 radical (unpaired) electrons. The number of rotatable bonds is 6. The first-order valence-corrected chi connectivity index (χ1v) is 11.2. The van der Waals surface area contributed by atoms with E-state index in [2.05, 4.69) is 43.2 Å². The Kier molecular flexibility index (Phi) is 7.72. The summed E-state index contributed by atoms with van der Waals surface area (Å²) in [7, 11) is 0. The minimum Gasteiger partial charge on any atom is -0.373 e. The zero-order chi connectivity index (χ0) is 21.7. The van der Waals surface area contributed by atoms with Crippen molar-refractivity contribution in [2.24, 2.45) is 5.92 Å². The van der Waals surface area contributed by atoms with Crippen LogP contribution in [0.1, 0.15) is 46.1 Å². The Morgan fingerprint density at radius 1 is 1.13 bits per heavy atom. The summed E-state index contributed by atoms with van der Waals surface area (Å²) >= 11 is 0. The van der Waals surface area contributed by atoms with Crippen LogP contribution in [0.15, 0.2) is 24.3 Å². The smallest absolute Gasteiger partial charge is 0.321 e. The molecule has 2 fully saturated rings. The maximum atomic E-state index is 13.0. The molecule has 7 heteroatoms. The summed E-state index contributed by atoms with van der Waals surface area (Å²) in [5, 5.41) is 6.06. The van der Waals surface area contributed by atoms with Crippen LogP contribution in [-0.4, -0.2) is 66.2 Å². The quantitative estimate of drug-likeness (QED) is 0.748. The third-order valence-electron chi connectivity index (χ3n) is 5.78. The number of urea groups is 1. The van der Waals surface area contributed by atoms with Gasteiger partial charge in [-0.1, -0.05) is 26.0 Å². The summed E-state index contributed by atoms with van der Waals surface area (Å²) in [6, 6.07) is 7.45. The molecular weight excluding hydrogens is 380 g/mol. The monoisotopic (exact) mass is 416 g/mol. The van der Waals surface area contributed by atoms with Crippen molar-refractivity contribution in [1.82, 2.24) is 15.1 Å². The second-order valence-corrected chi connectivity index (χ2v) is 8.94. The molecule has 0 saturated carbocycles. The molecule has 2 aliphatic rings. The summed E-state index contributed by atoms with van der Waals surface area (Å²) in [5.74, 6) is 0.242. The predicted molar refractivity (Wildman–Crippen MR) is 118 cm³/mol. The lowest BCUT2D eigenvalue weighted by molar-refractivity contribution is -0.135. The van der Waals surface area contributed by atoms with Gasteiger partial charge in [0.05, 0.1) is 18.2 Å². The molecule has 166 valence electrons. The van der Waals surface area contributed by atoms with Gasteiger partial charge in [0.2, 0.25) is 5.91 Å². The van der Waals surface area contributed by atoms with E-state index in [1.54, 1.807) is 0 Å². The molecule has 2 saturated heterocycles. The average molecular weight is 417 g/mol. The van der Waals surface area contributed by atoms with Crippen molar-refractivity contribution < 1.29 is 14.3 Å². The minimum absolute atomic E-state index is 0.0396. The Labute approximate surface area is 180 Å². The Bertz CT molecular complexity index is 723. The zero-order valence-electron chi connectivity index (χ0n) is 18.7. The van der Waals surface area contributed by atoms with E-state index in [4.69, 9.17) is 4.74 Å². The SMILES string of the molecule is CC1CN(C(C(=O)NCc2cccc(NC(=O)N3CCCC3)c2)C(C)C)CC(C)O1. The lowest BCUT2D eigenvalue weighted by atomic mass is 9.99. The first-order valence-electron chi connectivity index (χ1n) is 11.2. The van der Waals surface area contributed by atoms with E-state index in [1.165, 1.54) is 0 Å². The molecule has 0 bridgehead atoms. The van der Waals surface area contributed by atoms with E-state index in [1.807, 2.05) is 29.2 Å². The standard InChI is InChI=1S/C23H36N4O3/c1-16(2)21(27-14-17(3)30-18(4)15-27)22(28)24-13-19-8-7-9-20(12-19)25-23(29)26-10-5-6-11-26/h7-9,12,16-18,21H,5-6,10-11,13-15H2,1-4H3,(H,24,28)(H,25,29). The molecule has 2 heterocycles. The highest BCUT2D eigenvalue weighted by atomic mass is 16.5. The summed E-state index contributed by atoms with van der Waals surface area (Å²) in [6.45, 7) is 11.9. The minimum atomic E-state index is -0.183. The van der Waals surface area contributed by atoms with Crippen molar-refractivity contribution in [1.29, 1.82) is 0 Å². The summed E-state index contributed by atoms with van der Waals surface area (Å²) in [4.78, 5) is 29.4. The lowest BCUT2D eigenvalue weighted by Gasteiger charge is -2.41. The number of morpholine rings is 1. The van der Waals surface area contributed by atoms with Crippen LogP contribution < -0.4 is 10.6 Å². The van der Waals surface area contributed by atoms with Gasteiger partial charge in [0.1, 0.15) is 0 Å². The number of hydrogen-bond acceptors (Lipinski definition) is 4. The fourth-order valence-electron chi connectivity index (χ4n) is 4.51. The van der Waals surface area contributed by atoms with Crippen molar-refractivity contribution >= 4 is 17.6 Å². The van der Waals surface area contributed by atoms with Crippen LogP contribution >= 0.6 is 0 Å². The number of amides is 3. The van der Waals surface area contributed by atoms with Gasteiger partial charge in [0.25, 0.3) is 0 Å². The number of nitrogens with one attached hydrogen (secondary N) is 2. The molecule has 3 atom stereocenters. The molecule has 3 unspecified atom stereocenters. The fraction of sp³-hybridized carbons (Fsp3) is 0.652. The fourth-order valence-corrected chi connectivity index (χ4v) is 4.51. The third-order valence-corrected chi connectivity index (χ3v) is 5.78. The van der Waals surface area contributed by atoms with E-state index in [9.17, 15) is 9.59 Å². The van der Waals surface area contributed by atoms with Gasteiger partial charge >= 0.3 is 6.03 Å². The number of ether oxygens (including phenoxy) is 1. The third kappa shape index (κ3) is 5.95. The number of nitrogens with zero attached hydrogens (tertiary/aromatic N) is 2. The van der Waals surface area contributed by atoms with Crippen molar-refractivity contribution in [3.63, 3.8) is 0 Å². The second kappa shape index (κ2) is 10.3. The van der Waals surface area contributed by atoms with Crippen LogP contribution in [0.2, 0.25) is 0 Å². The van der Waals surface area contributed by atoms with Gasteiger partial charge in [0, 0.05) is 38.4 Å². The Morgan fingerprint density at radius 2 is 1.80 bits per heavy atom. The molecule has 3 amide bonds. The van der Waals surface area contributed by atoms with E-state index < -0.39 is 0 Å². The maximum Gasteiger partial charge on any atom is 0.321 e. The number of benzene rings is 1. The molecule has 2 N–H and O–H groups in total. The van der Waals surface area contributed by atoms with E-state index >= 15 is 0 Å². The van der Waals surface area contributed by atoms with Crippen LogP contribution in [0.4, 0.5) is 10.5 Å². The molecule has 7 nitrogen and oxygen atoms in total. The molecular formula is C23H36N4O3. The second-order valence-electron chi connectivity index (χ2n) is 8.94. The van der Waals surface area contributed by atoms with E-state index in [0.29, 0.717) is 6.54 Å². The maximum absolute atomic E-state index is 13.0. The van der Waals surface area contributed by atoms with Crippen LogP contribution in [-0.2, 0) is 16.1 Å². The van der Waals surface area contributed by atoms with E-state index in [0.717, 1.165) is 50.3 Å². The molecule has 1 aromatic carbocycles. The molecule has 0 aliphatic carbocycles. The van der Waals surface area contributed by atoms with E-state index in [-0.39, 0.29) is 36.1 Å². The number of likely N-dealkylation sites (tertiary alicyclic amines) is 1. The highest BCUT2D eigenvalue weighted by molar-refractivity contribution is 5.89. The molecule has 0 spiro atoms. The Morgan fingerprint density at radius 3 is 2.43 bits per heavy atom. The van der Waals surface area contributed by atoms with Gasteiger partial charge in [-0.05, 0) is 50.3 Å². The van der Waals surface area contributed by atoms with Gasteiger partial charge in [0.15, 0.2) is 0 Å². The van der Waals surface area contributed by atoms with Gasteiger partial charge in [-0.15, -0.1) is 0 Å². The molecule has 30 heavy (non-hydrogen) atoms. The van der Waals surface area contributed by atoms with Crippen molar-refractivity contribution in [2.75, 3.05) is 31.5 Å². The molecule has 3 rings (SSSR count). The molecule has 2 aliphatic heterocycles. The van der Waals surface area contributed by atoms with Crippen molar-refractivity contribution in [3.8, 4) is 0 Å². The van der Waals surface area contributed by atoms with Crippen molar-refractivity contribution in [2.45, 2.75) is 65.3 Å². The van der Waals surface area contributed by atoms with Crippen LogP contribution in [0.3, 0.4) is 0 Å². The first kappa shape index (κ1) is 22.6. The van der Waals surface area contributed by atoms with Gasteiger partial charge in [-0.2, -0.15) is 0 Å². The summed E-state index contributed by atoms with van der Waals surface area (Å²) in [6.07, 6.45) is 2.38. The summed E-state index contributed by atoms with van der Waals surface area (Å²) < 4.78 is 5.83. The van der Waals surface area contributed by atoms with Crippen LogP contribution in [0, 0.1) is 5.92 Å². The number of anilines is 1. The zero-order valence-corrected chi connectivity index (χ0v) is 18.7. The van der Waals surface area contributed by atoms with Gasteiger partial charge in [-0.3, -0.25) is 9.69 Å². The number of carbonyl (C=O) groups excluding carboxylic acids is 2. The summed E-state index contributed by atoms with van der Waals surface area (Å²) in [5.41, 5.74) is 1.73. The highest BCUT2D eigenvalue weighted by Crippen LogP contribution is 2.19. The largest absolute Gasteiger partial charge is 0.373 e. The normalized spacial score (nSPS) is 23.4.